The van der Waals surface area contributed by atoms with Gasteiger partial charge in [0.25, 0.3) is 0 Å². The van der Waals surface area contributed by atoms with Crippen LogP contribution in [0.4, 0.5) is 0 Å². The molecule has 0 fully saturated rings. The Morgan fingerprint density at radius 3 is 2.10 bits per heavy atom. The van der Waals surface area contributed by atoms with E-state index in [9.17, 15) is 4.79 Å². The fraction of sp³-hybridized carbons (Fsp3) is 0.684. The van der Waals surface area contributed by atoms with Crippen LogP contribution < -0.4 is 0 Å². The van der Waals surface area contributed by atoms with E-state index in [4.69, 9.17) is 0 Å². The number of hydrogen-bond donors (Lipinski definition) is 0. The molecule has 2 nitrogen and oxygen atoms in total. The number of carbonyl (C=O) groups excluding carboxylic acids is 1. The van der Waals surface area contributed by atoms with Crippen LogP contribution in [0.3, 0.4) is 0 Å². The largest absolute Gasteiger partial charge is 0.294 e. The maximum atomic E-state index is 12.1. The van der Waals surface area contributed by atoms with Gasteiger partial charge in [0.2, 0.25) is 0 Å². The van der Waals surface area contributed by atoms with Crippen molar-refractivity contribution in [2.75, 3.05) is 0 Å². The monoisotopic (exact) mass is 289 g/mol. The van der Waals surface area contributed by atoms with E-state index in [0.717, 1.165) is 17.5 Å². The molecule has 0 unspecified atom stereocenters. The molecule has 0 radical (unpaired) electrons. The number of aryl methyl sites for hydroxylation is 1. The molecule has 1 aromatic rings. The highest BCUT2D eigenvalue weighted by molar-refractivity contribution is 5.97. The first-order chi connectivity index (χ1) is 10.3. The fourth-order valence-corrected chi connectivity index (χ4v) is 2.69. The molecular formula is C19H31NO. The van der Waals surface area contributed by atoms with Crippen LogP contribution in [0.5, 0.6) is 0 Å². The van der Waals surface area contributed by atoms with Gasteiger partial charge in [-0.25, -0.2) is 0 Å². The van der Waals surface area contributed by atoms with Gasteiger partial charge in [-0.1, -0.05) is 64.7 Å². The number of ketones is 1. The van der Waals surface area contributed by atoms with Crippen molar-refractivity contribution in [2.45, 2.75) is 84.5 Å². The molecule has 0 spiro atoms. The average Bonchev–Trinajstić information content (AvgIpc) is 2.49. The minimum absolute atomic E-state index is 0.273. The van der Waals surface area contributed by atoms with E-state index in [1.807, 2.05) is 13.0 Å². The van der Waals surface area contributed by atoms with E-state index in [2.05, 4.69) is 11.9 Å². The molecule has 0 atom stereocenters. The number of rotatable bonds is 12. The molecule has 0 aliphatic heterocycles. The van der Waals surface area contributed by atoms with Crippen LogP contribution in [0.25, 0.3) is 0 Å². The van der Waals surface area contributed by atoms with Crippen molar-refractivity contribution < 1.29 is 4.79 Å². The van der Waals surface area contributed by atoms with Crippen molar-refractivity contribution in [3.63, 3.8) is 0 Å². The molecule has 1 aromatic heterocycles. The lowest BCUT2D eigenvalue weighted by Crippen LogP contribution is -2.01. The van der Waals surface area contributed by atoms with Crippen LogP contribution in [0, 0.1) is 6.92 Å². The summed E-state index contributed by atoms with van der Waals surface area (Å²) in [4.78, 5) is 16.1. The van der Waals surface area contributed by atoms with E-state index < -0.39 is 0 Å². The van der Waals surface area contributed by atoms with Crippen molar-refractivity contribution in [3.8, 4) is 0 Å². The predicted molar refractivity (Wildman–Crippen MR) is 89.8 cm³/mol. The van der Waals surface area contributed by atoms with E-state index in [1.165, 1.54) is 57.8 Å². The third-order valence-corrected chi connectivity index (χ3v) is 4.08. The van der Waals surface area contributed by atoms with E-state index in [1.54, 1.807) is 12.4 Å². The number of nitrogens with zero attached hydrogens (tertiary/aromatic N) is 1. The Balaban J connectivity index is 1.99. The summed E-state index contributed by atoms with van der Waals surface area (Å²) in [6.07, 6.45) is 17.2. The van der Waals surface area contributed by atoms with Gasteiger partial charge in [-0.3, -0.25) is 9.78 Å². The first-order valence-corrected chi connectivity index (χ1v) is 8.69. The highest BCUT2D eigenvalue weighted by atomic mass is 16.1. The maximum absolute atomic E-state index is 12.1. The smallest absolute Gasteiger partial charge is 0.163 e. The van der Waals surface area contributed by atoms with Gasteiger partial charge in [0, 0.05) is 24.4 Å². The molecule has 1 heterocycles. The summed E-state index contributed by atoms with van der Waals surface area (Å²) in [5.74, 6) is 0.273. The summed E-state index contributed by atoms with van der Waals surface area (Å²) in [5.41, 5.74) is 1.84. The zero-order valence-corrected chi connectivity index (χ0v) is 13.9. The zero-order valence-electron chi connectivity index (χ0n) is 13.9. The molecule has 2 heteroatoms. The lowest BCUT2D eigenvalue weighted by molar-refractivity contribution is 0.0978. The normalized spacial score (nSPS) is 10.8. The fourth-order valence-electron chi connectivity index (χ4n) is 2.69. The lowest BCUT2D eigenvalue weighted by Gasteiger charge is -2.04. The maximum Gasteiger partial charge on any atom is 0.163 e. The van der Waals surface area contributed by atoms with Gasteiger partial charge in [0.1, 0.15) is 0 Å². The van der Waals surface area contributed by atoms with Crippen LogP contribution in [0.15, 0.2) is 18.5 Å². The predicted octanol–water partition coefficient (Wildman–Crippen LogP) is 5.88. The SMILES string of the molecule is CCCCCCCCCCCCC(=O)c1ccncc1C. The van der Waals surface area contributed by atoms with E-state index in [-0.39, 0.29) is 5.78 Å². The van der Waals surface area contributed by atoms with Crippen LogP contribution in [0.1, 0.15) is 93.5 Å². The standard InChI is InChI=1S/C19H31NO/c1-3-4-5-6-7-8-9-10-11-12-13-19(21)18-14-15-20-16-17(18)2/h14-16H,3-13H2,1-2H3. The highest BCUT2D eigenvalue weighted by Gasteiger charge is 2.07. The van der Waals surface area contributed by atoms with Gasteiger partial charge < -0.3 is 0 Å². The minimum Gasteiger partial charge on any atom is -0.294 e. The van der Waals surface area contributed by atoms with Crippen molar-refractivity contribution in [2.24, 2.45) is 0 Å². The van der Waals surface area contributed by atoms with Crippen molar-refractivity contribution in [3.05, 3.63) is 29.6 Å². The summed E-state index contributed by atoms with van der Waals surface area (Å²) < 4.78 is 0. The molecule has 0 aliphatic carbocycles. The Labute approximate surface area is 130 Å². The Bertz CT molecular complexity index is 400. The minimum atomic E-state index is 0.273. The third kappa shape index (κ3) is 7.99. The topological polar surface area (TPSA) is 30.0 Å². The molecule has 1 rings (SSSR count). The second-order valence-electron chi connectivity index (χ2n) is 6.05. The molecule has 0 amide bonds. The first-order valence-electron chi connectivity index (χ1n) is 8.69. The van der Waals surface area contributed by atoms with Gasteiger partial charge in [0.05, 0.1) is 0 Å². The lowest BCUT2D eigenvalue weighted by atomic mass is 10.0. The Hall–Kier alpha value is -1.18. The summed E-state index contributed by atoms with van der Waals surface area (Å²) >= 11 is 0. The second kappa shape index (κ2) is 11.5. The molecule has 0 bridgehead atoms. The number of carbonyl (C=O) groups is 1. The second-order valence-corrected chi connectivity index (χ2v) is 6.05. The van der Waals surface area contributed by atoms with Gasteiger partial charge >= 0.3 is 0 Å². The van der Waals surface area contributed by atoms with Crippen molar-refractivity contribution in [1.82, 2.24) is 4.98 Å². The first kappa shape index (κ1) is 17.9. The molecule has 0 aliphatic rings. The molecule has 118 valence electrons. The molecule has 0 saturated carbocycles. The number of hydrogen-bond acceptors (Lipinski definition) is 2. The van der Waals surface area contributed by atoms with Crippen LogP contribution >= 0.6 is 0 Å². The van der Waals surface area contributed by atoms with E-state index >= 15 is 0 Å². The number of aromatic nitrogens is 1. The average molecular weight is 289 g/mol. The van der Waals surface area contributed by atoms with Crippen molar-refractivity contribution in [1.29, 1.82) is 0 Å². The van der Waals surface area contributed by atoms with Gasteiger partial charge in [0.15, 0.2) is 5.78 Å². The van der Waals surface area contributed by atoms with E-state index in [0.29, 0.717) is 6.42 Å². The van der Waals surface area contributed by atoms with Gasteiger partial charge in [-0.2, -0.15) is 0 Å². The molecule has 0 N–H and O–H groups in total. The highest BCUT2D eigenvalue weighted by Crippen LogP contribution is 2.14. The van der Waals surface area contributed by atoms with Crippen molar-refractivity contribution >= 4 is 5.78 Å². The summed E-state index contributed by atoms with van der Waals surface area (Å²) in [5, 5.41) is 0. The quantitative estimate of drug-likeness (QED) is 0.355. The Morgan fingerprint density at radius 1 is 0.952 bits per heavy atom. The Kier molecular flexibility index (Phi) is 9.77. The number of pyridine rings is 1. The van der Waals surface area contributed by atoms with Crippen LogP contribution in [0.2, 0.25) is 0 Å². The summed E-state index contributed by atoms with van der Waals surface area (Å²) in [6, 6.07) is 1.84. The molecular weight excluding hydrogens is 258 g/mol. The molecule has 21 heavy (non-hydrogen) atoms. The van der Waals surface area contributed by atoms with Crippen LogP contribution in [-0.2, 0) is 0 Å². The van der Waals surface area contributed by atoms with Gasteiger partial charge in [-0.15, -0.1) is 0 Å². The summed E-state index contributed by atoms with van der Waals surface area (Å²) in [7, 11) is 0. The number of unbranched alkanes of at least 4 members (excludes halogenated alkanes) is 9. The number of Topliss-reactive ketones (excluding diaryl/α,β-unsaturated/α-hetero) is 1. The zero-order chi connectivity index (χ0) is 15.3. The summed E-state index contributed by atoms with van der Waals surface area (Å²) in [6.45, 7) is 4.22. The van der Waals surface area contributed by atoms with Crippen LogP contribution in [-0.4, -0.2) is 10.8 Å². The van der Waals surface area contributed by atoms with Gasteiger partial charge in [-0.05, 0) is 25.0 Å². The molecule has 0 aromatic carbocycles. The molecule has 0 saturated heterocycles. The Morgan fingerprint density at radius 2 is 1.52 bits per heavy atom. The third-order valence-electron chi connectivity index (χ3n) is 4.08.